The third-order valence-corrected chi connectivity index (χ3v) is 4.29. The molecule has 0 atom stereocenters. The molecule has 116 valence electrons. The molecule has 1 saturated heterocycles. The monoisotopic (exact) mass is 287 g/mol. The van der Waals surface area contributed by atoms with E-state index in [4.69, 9.17) is 0 Å². The fourth-order valence-electron chi connectivity index (χ4n) is 2.74. The van der Waals surface area contributed by atoms with Crippen LogP contribution in [-0.4, -0.2) is 61.7 Å². The summed E-state index contributed by atoms with van der Waals surface area (Å²) in [5.41, 5.74) is 1.49. The Hall–Kier alpha value is -1.16. The molecule has 0 amide bonds. The number of nitrogens with zero attached hydrogens (tertiary/aromatic N) is 2. The predicted molar refractivity (Wildman–Crippen MR) is 91.5 cm³/mol. The van der Waals surface area contributed by atoms with Crippen LogP contribution in [0.2, 0.25) is 0 Å². The lowest BCUT2D eigenvalue weighted by Crippen LogP contribution is -2.57. The van der Waals surface area contributed by atoms with Crippen molar-refractivity contribution in [2.75, 3.05) is 46.3 Å². The summed E-state index contributed by atoms with van der Waals surface area (Å²) >= 11 is 0. The van der Waals surface area contributed by atoms with Crippen molar-refractivity contribution in [3.8, 4) is 0 Å². The van der Waals surface area contributed by atoms with E-state index >= 15 is 0 Å². The van der Waals surface area contributed by atoms with Crippen LogP contribution in [0.25, 0.3) is 6.08 Å². The van der Waals surface area contributed by atoms with Gasteiger partial charge >= 0.3 is 0 Å². The van der Waals surface area contributed by atoms with Crippen molar-refractivity contribution in [2.24, 2.45) is 0 Å². The van der Waals surface area contributed by atoms with Gasteiger partial charge < -0.3 is 10.2 Å². The number of hydrogen-bond donors (Lipinski definition) is 1. The van der Waals surface area contributed by atoms with Crippen LogP contribution in [0.3, 0.4) is 0 Å². The van der Waals surface area contributed by atoms with Gasteiger partial charge in [0.2, 0.25) is 0 Å². The van der Waals surface area contributed by atoms with Gasteiger partial charge in [-0.05, 0) is 26.5 Å². The lowest BCUT2D eigenvalue weighted by Gasteiger charge is -2.43. The average Bonchev–Trinajstić information content (AvgIpc) is 2.48. The summed E-state index contributed by atoms with van der Waals surface area (Å²) in [5.74, 6) is 0. The zero-order valence-electron chi connectivity index (χ0n) is 13.7. The van der Waals surface area contributed by atoms with E-state index in [-0.39, 0.29) is 5.54 Å². The minimum atomic E-state index is 0.224. The first-order valence-electron chi connectivity index (χ1n) is 7.94. The van der Waals surface area contributed by atoms with Crippen LogP contribution < -0.4 is 5.32 Å². The summed E-state index contributed by atoms with van der Waals surface area (Å²) in [5, 5.41) is 3.56. The number of rotatable bonds is 6. The van der Waals surface area contributed by atoms with Gasteiger partial charge in [-0.15, -0.1) is 0 Å². The Morgan fingerprint density at radius 2 is 1.76 bits per heavy atom. The molecule has 0 spiro atoms. The summed E-state index contributed by atoms with van der Waals surface area (Å²) in [7, 11) is 2.21. The minimum absolute atomic E-state index is 0.224. The Morgan fingerprint density at radius 3 is 2.43 bits per heavy atom. The third kappa shape index (κ3) is 5.27. The van der Waals surface area contributed by atoms with Crippen molar-refractivity contribution in [3.63, 3.8) is 0 Å². The number of nitrogens with one attached hydrogen (secondary N) is 1. The Balaban J connectivity index is 1.71. The Bertz CT molecular complexity index is 431. The van der Waals surface area contributed by atoms with Crippen LogP contribution in [0.15, 0.2) is 36.4 Å². The molecular formula is C18H29N3. The van der Waals surface area contributed by atoms with E-state index in [9.17, 15) is 0 Å². The van der Waals surface area contributed by atoms with Gasteiger partial charge in [0, 0.05) is 44.8 Å². The van der Waals surface area contributed by atoms with Gasteiger partial charge in [0.15, 0.2) is 0 Å². The van der Waals surface area contributed by atoms with Gasteiger partial charge in [0.1, 0.15) is 0 Å². The van der Waals surface area contributed by atoms with Crippen molar-refractivity contribution in [1.82, 2.24) is 15.1 Å². The van der Waals surface area contributed by atoms with E-state index in [0.717, 1.165) is 13.1 Å². The molecule has 1 aromatic rings. The van der Waals surface area contributed by atoms with E-state index in [1.165, 1.54) is 31.7 Å². The van der Waals surface area contributed by atoms with Crippen LogP contribution in [-0.2, 0) is 0 Å². The maximum absolute atomic E-state index is 3.56. The number of likely N-dealkylation sites (N-methyl/N-ethyl adjacent to an activating group) is 1. The third-order valence-electron chi connectivity index (χ3n) is 4.29. The minimum Gasteiger partial charge on any atom is -0.311 e. The molecule has 0 aliphatic carbocycles. The van der Waals surface area contributed by atoms with E-state index in [2.05, 4.69) is 72.4 Å². The number of hydrogen-bond acceptors (Lipinski definition) is 3. The summed E-state index contributed by atoms with van der Waals surface area (Å²) in [4.78, 5) is 5.00. The van der Waals surface area contributed by atoms with Crippen LogP contribution in [0.5, 0.6) is 0 Å². The van der Waals surface area contributed by atoms with Gasteiger partial charge in [0.25, 0.3) is 0 Å². The molecule has 2 rings (SSSR count). The van der Waals surface area contributed by atoms with E-state index < -0.39 is 0 Å². The zero-order valence-corrected chi connectivity index (χ0v) is 13.7. The molecule has 1 aliphatic heterocycles. The fourth-order valence-corrected chi connectivity index (χ4v) is 2.74. The quantitative estimate of drug-likeness (QED) is 0.810. The summed E-state index contributed by atoms with van der Waals surface area (Å²) in [6.07, 6.45) is 4.38. The molecule has 0 bridgehead atoms. The largest absolute Gasteiger partial charge is 0.311 e. The molecule has 1 aliphatic rings. The summed E-state index contributed by atoms with van der Waals surface area (Å²) in [6.45, 7) is 11.3. The van der Waals surface area contributed by atoms with Gasteiger partial charge in [-0.25, -0.2) is 0 Å². The van der Waals surface area contributed by atoms with Crippen molar-refractivity contribution in [1.29, 1.82) is 0 Å². The Morgan fingerprint density at radius 1 is 1.10 bits per heavy atom. The second-order valence-corrected chi connectivity index (χ2v) is 6.55. The lowest BCUT2D eigenvalue weighted by atomic mass is 10.0. The second-order valence-electron chi connectivity index (χ2n) is 6.55. The number of benzene rings is 1. The molecule has 1 aromatic carbocycles. The maximum atomic E-state index is 3.56. The van der Waals surface area contributed by atoms with Crippen LogP contribution in [0.4, 0.5) is 0 Å². The van der Waals surface area contributed by atoms with Crippen LogP contribution in [0.1, 0.15) is 19.4 Å². The highest BCUT2D eigenvalue weighted by molar-refractivity contribution is 5.48. The summed E-state index contributed by atoms with van der Waals surface area (Å²) in [6, 6.07) is 10.5. The highest BCUT2D eigenvalue weighted by atomic mass is 15.3. The summed E-state index contributed by atoms with van der Waals surface area (Å²) < 4.78 is 0. The molecule has 3 nitrogen and oxygen atoms in total. The van der Waals surface area contributed by atoms with E-state index in [1.54, 1.807) is 0 Å². The predicted octanol–water partition coefficient (Wildman–Crippen LogP) is 2.32. The fraction of sp³-hybridized carbons (Fsp3) is 0.556. The first-order valence-corrected chi connectivity index (χ1v) is 7.94. The molecule has 1 N–H and O–H groups in total. The lowest BCUT2D eigenvalue weighted by molar-refractivity contribution is 0.0626. The van der Waals surface area contributed by atoms with Gasteiger partial charge in [-0.1, -0.05) is 42.5 Å². The molecule has 0 aromatic heterocycles. The van der Waals surface area contributed by atoms with Crippen molar-refractivity contribution in [3.05, 3.63) is 42.0 Å². The molecule has 1 fully saturated rings. The molecule has 21 heavy (non-hydrogen) atoms. The first-order chi connectivity index (χ1) is 10.1. The van der Waals surface area contributed by atoms with Gasteiger partial charge in [0.05, 0.1) is 0 Å². The highest BCUT2D eigenvalue weighted by Crippen LogP contribution is 2.15. The van der Waals surface area contributed by atoms with Crippen molar-refractivity contribution in [2.45, 2.75) is 19.4 Å². The van der Waals surface area contributed by atoms with Crippen molar-refractivity contribution < 1.29 is 0 Å². The van der Waals surface area contributed by atoms with E-state index in [1.807, 2.05) is 6.07 Å². The first kappa shape index (κ1) is 16.2. The molecule has 0 radical (unpaired) electrons. The average molecular weight is 287 g/mol. The Labute approximate surface area is 129 Å². The molecule has 0 unspecified atom stereocenters. The van der Waals surface area contributed by atoms with Gasteiger partial charge in [-0.3, -0.25) is 4.90 Å². The second kappa shape index (κ2) is 7.74. The maximum Gasteiger partial charge on any atom is 0.0278 e. The van der Waals surface area contributed by atoms with E-state index in [0.29, 0.717) is 0 Å². The molecule has 3 heteroatoms. The highest BCUT2D eigenvalue weighted by Gasteiger charge is 2.28. The smallest absolute Gasteiger partial charge is 0.0278 e. The number of piperazine rings is 1. The molecule has 0 saturated carbocycles. The Kier molecular flexibility index (Phi) is 5.97. The van der Waals surface area contributed by atoms with Crippen LogP contribution >= 0.6 is 0 Å². The van der Waals surface area contributed by atoms with Crippen LogP contribution in [0, 0.1) is 0 Å². The zero-order chi connectivity index (χ0) is 15.1. The normalized spacial score (nSPS) is 18.4. The van der Waals surface area contributed by atoms with Crippen molar-refractivity contribution >= 4 is 6.08 Å². The van der Waals surface area contributed by atoms with Gasteiger partial charge in [-0.2, -0.15) is 0 Å². The molecule has 1 heterocycles. The standard InChI is InChI=1S/C18H29N3/c1-18(2,21-14-12-20(3)13-15-21)16-19-11-7-10-17-8-5-4-6-9-17/h4-10,19H,11-16H2,1-3H3. The SMILES string of the molecule is CN1CCN(C(C)(C)CNCC=Cc2ccccc2)CC1. The molecular weight excluding hydrogens is 258 g/mol. The topological polar surface area (TPSA) is 18.5 Å².